The Morgan fingerprint density at radius 2 is 1.83 bits per heavy atom. The second-order valence-corrected chi connectivity index (χ2v) is 4.26. The van der Waals surface area contributed by atoms with Gasteiger partial charge in [-0.3, -0.25) is 0 Å². The number of anilines is 2. The van der Waals surface area contributed by atoms with Crippen molar-refractivity contribution >= 4 is 11.4 Å². The van der Waals surface area contributed by atoms with Gasteiger partial charge in [-0.1, -0.05) is 18.2 Å². The number of hydrogen-bond donors (Lipinski definition) is 2. The molecule has 0 heterocycles. The SMILES string of the molecule is COc1ccc(C(C)Nc2cccc(N)c2)cc1. The highest BCUT2D eigenvalue weighted by molar-refractivity contribution is 5.55. The Hall–Kier alpha value is -2.16. The highest BCUT2D eigenvalue weighted by Gasteiger charge is 2.05. The highest BCUT2D eigenvalue weighted by atomic mass is 16.5. The second-order valence-electron chi connectivity index (χ2n) is 4.26. The van der Waals surface area contributed by atoms with E-state index in [1.54, 1.807) is 7.11 Å². The fourth-order valence-corrected chi connectivity index (χ4v) is 1.85. The zero-order chi connectivity index (χ0) is 13.0. The fraction of sp³-hybridized carbons (Fsp3) is 0.200. The van der Waals surface area contributed by atoms with E-state index in [0.717, 1.165) is 17.1 Å². The molecule has 94 valence electrons. The third kappa shape index (κ3) is 2.94. The molecular weight excluding hydrogens is 224 g/mol. The van der Waals surface area contributed by atoms with Crippen molar-refractivity contribution in [1.29, 1.82) is 0 Å². The smallest absolute Gasteiger partial charge is 0.118 e. The molecule has 1 atom stereocenters. The van der Waals surface area contributed by atoms with Gasteiger partial charge >= 0.3 is 0 Å². The molecule has 2 rings (SSSR count). The molecule has 2 aromatic carbocycles. The molecule has 0 bridgehead atoms. The molecule has 0 aliphatic carbocycles. The molecule has 3 nitrogen and oxygen atoms in total. The molecule has 18 heavy (non-hydrogen) atoms. The van der Waals surface area contributed by atoms with E-state index in [9.17, 15) is 0 Å². The van der Waals surface area contributed by atoms with Gasteiger partial charge in [-0.15, -0.1) is 0 Å². The van der Waals surface area contributed by atoms with Gasteiger partial charge in [0.25, 0.3) is 0 Å². The van der Waals surface area contributed by atoms with Crippen LogP contribution < -0.4 is 15.8 Å². The van der Waals surface area contributed by atoms with Crippen LogP contribution in [0.5, 0.6) is 5.75 Å². The van der Waals surface area contributed by atoms with E-state index in [1.165, 1.54) is 5.56 Å². The summed E-state index contributed by atoms with van der Waals surface area (Å²) in [5, 5.41) is 3.42. The molecule has 2 aromatic rings. The van der Waals surface area contributed by atoms with Crippen LogP contribution >= 0.6 is 0 Å². The second kappa shape index (κ2) is 5.45. The average Bonchev–Trinajstić information content (AvgIpc) is 2.39. The largest absolute Gasteiger partial charge is 0.497 e. The van der Waals surface area contributed by atoms with Gasteiger partial charge in [0, 0.05) is 17.4 Å². The first kappa shape index (κ1) is 12.3. The Balaban J connectivity index is 2.09. The quantitative estimate of drug-likeness (QED) is 0.807. The Labute approximate surface area is 108 Å². The molecule has 3 heteroatoms. The highest BCUT2D eigenvalue weighted by Crippen LogP contribution is 2.22. The van der Waals surface area contributed by atoms with E-state index in [-0.39, 0.29) is 6.04 Å². The predicted octanol–water partition coefficient (Wildman–Crippen LogP) is 3.45. The first-order valence-corrected chi connectivity index (χ1v) is 5.95. The molecule has 0 amide bonds. The number of methoxy groups -OCH3 is 1. The molecular formula is C15H18N2O. The van der Waals surface area contributed by atoms with E-state index < -0.39 is 0 Å². The lowest BCUT2D eigenvalue weighted by Crippen LogP contribution is -2.06. The minimum absolute atomic E-state index is 0.220. The van der Waals surface area contributed by atoms with Crippen LogP contribution in [0.25, 0.3) is 0 Å². The number of nitrogen functional groups attached to an aromatic ring is 1. The van der Waals surface area contributed by atoms with Crippen molar-refractivity contribution in [3.63, 3.8) is 0 Å². The lowest BCUT2D eigenvalue weighted by atomic mass is 10.1. The summed E-state index contributed by atoms with van der Waals surface area (Å²) in [6, 6.07) is 16.0. The Morgan fingerprint density at radius 1 is 1.11 bits per heavy atom. The van der Waals surface area contributed by atoms with Gasteiger partial charge in [0.15, 0.2) is 0 Å². The molecule has 0 fully saturated rings. The number of ether oxygens (including phenoxy) is 1. The first-order chi connectivity index (χ1) is 8.69. The van der Waals surface area contributed by atoms with Crippen LogP contribution in [0.3, 0.4) is 0 Å². The summed E-state index contributed by atoms with van der Waals surface area (Å²) in [5.74, 6) is 0.870. The van der Waals surface area contributed by atoms with Crippen molar-refractivity contribution in [2.24, 2.45) is 0 Å². The van der Waals surface area contributed by atoms with E-state index in [1.807, 2.05) is 36.4 Å². The van der Waals surface area contributed by atoms with Crippen molar-refractivity contribution in [2.45, 2.75) is 13.0 Å². The van der Waals surface area contributed by atoms with Crippen LogP contribution in [-0.4, -0.2) is 7.11 Å². The predicted molar refractivity (Wildman–Crippen MR) is 75.9 cm³/mol. The maximum Gasteiger partial charge on any atom is 0.118 e. The van der Waals surface area contributed by atoms with Crippen LogP contribution in [0.15, 0.2) is 48.5 Å². The van der Waals surface area contributed by atoms with Crippen molar-refractivity contribution in [1.82, 2.24) is 0 Å². The Bertz CT molecular complexity index is 508. The molecule has 0 saturated heterocycles. The first-order valence-electron chi connectivity index (χ1n) is 5.95. The van der Waals surface area contributed by atoms with E-state index in [2.05, 4.69) is 24.4 Å². The molecule has 0 aliphatic rings. The number of benzene rings is 2. The van der Waals surface area contributed by atoms with Crippen LogP contribution in [0.4, 0.5) is 11.4 Å². The monoisotopic (exact) mass is 242 g/mol. The van der Waals surface area contributed by atoms with Gasteiger partial charge in [0.2, 0.25) is 0 Å². The molecule has 0 saturated carbocycles. The summed E-state index contributed by atoms with van der Waals surface area (Å²) in [6.07, 6.45) is 0. The van der Waals surface area contributed by atoms with Crippen molar-refractivity contribution in [3.8, 4) is 5.75 Å². The maximum atomic E-state index is 5.75. The van der Waals surface area contributed by atoms with Crippen LogP contribution in [0.2, 0.25) is 0 Å². The minimum atomic E-state index is 0.220. The number of hydrogen-bond acceptors (Lipinski definition) is 3. The van der Waals surface area contributed by atoms with Crippen molar-refractivity contribution < 1.29 is 4.74 Å². The lowest BCUT2D eigenvalue weighted by molar-refractivity contribution is 0.414. The zero-order valence-corrected chi connectivity index (χ0v) is 10.7. The zero-order valence-electron chi connectivity index (χ0n) is 10.7. The van der Waals surface area contributed by atoms with Gasteiger partial charge in [-0.2, -0.15) is 0 Å². The van der Waals surface area contributed by atoms with E-state index >= 15 is 0 Å². The Morgan fingerprint density at radius 3 is 2.44 bits per heavy atom. The van der Waals surface area contributed by atoms with Gasteiger partial charge in [-0.25, -0.2) is 0 Å². The normalized spacial score (nSPS) is 11.9. The van der Waals surface area contributed by atoms with Crippen LogP contribution in [0.1, 0.15) is 18.5 Å². The minimum Gasteiger partial charge on any atom is -0.497 e. The summed E-state index contributed by atoms with van der Waals surface area (Å²) in [7, 11) is 1.67. The summed E-state index contributed by atoms with van der Waals surface area (Å²) >= 11 is 0. The Kier molecular flexibility index (Phi) is 3.72. The van der Waals surface area contributed by atoms with E-state index in [0.29, 0.717) is 0 Å². The van der Waals surface area contributed by atoms with Gasteiger partial charge in [-0.05, 0) is 42.8 Å². The fourth-order valence-electron chi connectivity index (χ4n) is 1.85. The van der Waals surface area contributed by atoms with Gasteiger partial charge in [0.05, 0.1) is 7.11 Å². The summed E-state index contributed by atoms with van der Waals surface area (Å²) in [5.41, 5.74) is 8.75. The van der Waals surface area contributed by atoms with E-state index in [4.69, 9.17) is 10.5 Å². The summed E-state index contributed by atoms with van der Waals surface area (Å²) < 4.78 is 5.15. The molecule has 0 aromatic heterocycles. The van der Waals surface area contributed by atoms with Crippen LogP contribution in [-0.2, 0) is 0 Å². The molecule has 0 radical (unpaired) electrons. The number of rotatable bonds is 4. The molecule has 0 spiro atoms. The molecule has 1 unspecified atom stereocenters. The molecule has 0 aliphatic heterocycles. The summed E-state index contributed by atoms with van der Waals surface area (Å²) in [6.45, 7) is 2.12. The lowest BCUT2D eigenvalue weighted by Gasteiger charge is -2.16. The van der Waals surface area contributed by atoms with Gasteiger partial charge in [0.1, 0.15) is 5.75 Å². The maximum absolute atomic E-state index is 5.75. The third-order valence-electron chi connectivity index (χ3n) is 2.89. The van der Waals surface area contributed by atoms with Crippen molar-refractivity contribution in [2.75, 3.05) is 18.2 Å². The summed E-state index contributed by atoms with van der Waals surface area (Å²) in [4.78, 5) is 0. The standard InChI is InChI=1S/C15H18N2O/c1-11(12-6-8-15(18-2)9-7-12)17-14-5-3-4-13(16)10-14/h3-11,17H,16H2,1-2H3. The molecule has 3 N–H and O–H groups in total. The van der Waals surface area contributed by atoms with Crippen LogP contribution in [0, 0.1) is 0 Å². The number of nitrogens with one attached hydrogen (secondary N) is 1. The topological polar surface area (TPSA) is 47.3 Å². The van der Waals surface area contributed by atoms with Gasteiger partial charge < -0.3 is 15.8 Å². The number of nitrogens with two attached hydrogens (primary N) is 1. The average molecular weight is 242 g/mol. The van der Waals surface area contributed by atoms with Crippen molar-refractivity contribution in [3.05, 3.63) is 54.1 Å². The third-order valence-corrected chi connectivity index (χ3v) is 2.89.